The lowest BCUT2D eigenvalue weighted by Crippen LogP contribution is -2.25. The van der Waals surface area contributed by atoms with Crippen molar-refractivity contribution >= 4 is 0 Å². The second-order valence-corrected chi connectivity index (χ2v) is 5.12. The van der Waals surface area contributed by atoms with Crippen LogP contribution in [0.1, 0.15) is 48.4 Å². The molecule has 1 aliphatic rings. The lowest BCUT2D eigenvalue weighted by Gasteiger charge is -2.26. The standard InChI is InChI=1S/C15H23N/c1-11-7-6-8-12(2)14(11)15(16-3)13-9-4-5-10-13/h6-8,13,15-16H,4-5,9-10H2,1-3H3. The molecule has 1 atom stereocenters. The molecular formula is C15H23N. The molecule has 1 aromatic carbocycles. The third-order valence-corrected chi connectivity index (χ3v) is 4.04. The van der Waals surface area contributed by atoms with E-state index in [0.717, 1.165) is 5.92 Å². The van der Waals surface area contributed by atoms with Crippen LogP contribution in [-0.4, -0.2) is 7.05 Å². The zero-order chi connectivity index (χ0) is 11.5. The van der Waals surface area contributed by atoms with Crippen molar-refractivity contribution in [3.63, 3.8) is 0 Å². The van der Waals surface area contributed by atoms with Gasteiger partial charge in [-0.1, -0.05) is 31.0 Å². The minimum atomic E-state index is 0.559. The van der Waals surface area contributed by atoms with E-state index in [1.165, 1.54) is 42.4 Å². The third kappa shape index (κ3) is 2.15. The summed E-state index contributed by atoms with van der Waals surface area (Å²) in [5, 5.41) is 3.54. The van der Waals surface area contributed by atoms with Gasteiger partial charge in [0, 0.05) is 6.04 Å². The summed E-state index contributed by atoms with van der Waals surface area (Å²) in [6.45, 7) is 4.48. The Hall–Kier alpha value is -0.820. The monoisotopic (exact) mass is 217 g/mol. The van der Waals surface area contributed by atoms with Crippen LogP contribution in [0, 0.1) is 19.8 Å². The maximum Gasteiger partial charge on any atom is 0.0351 e. The van der Waals surface area contributed by atoms with Crippen molar-refractivity contribution in [2.24, 2.45) is 5.92 Å². The quantitative estimate of drug-likeness (QED) is 0.813. The number of hydrogen-bond acceptors (Lipinski definition) is 1. The topological polar surface area (TPSA) is 12.0 Å². The molecule has 1 saturated carbocycles. The van der Waals surface area contributed by atoms with Gasteiger partial charge in [-0.15, -0.1) is 0 Å². The molecule has 88 valence electrons. The predicted molar refractivity (Wildman–Crippen MR) is 69.7 cm³/mol. The van der Waals surface area contributed by atoms with Gasteiger partial charge in [-0.25, -0.2) is 0 Å². The molecule has 0 aliphatic heterocycles. The summed E-state index contributed by atoms with van der Waals surface area (Å²) in [6.07, 6.45) is 5.60. The highest BCUT2D eigenvalue weighted by atomic mass is 14.9. The summed E-state index contributed by atoms with van der Waals surface area (Å²) < 4.78 is 0. The number of rotatable bonds is 3. The molecule has 0 saturated heterocycles. The predicted octanol–water partition coefficient (Wildman–Crippen LogP) is 3.75. The second kappa shape index (κ2) is 5.01. The van der Waals surface area contributed by atoms with E-state index in [4.69, 9.17) is 0 Å². The first-order valence-electron chi connectivity index (χ1n) is 6.47. The fourth-order valence-electron chi connectivity index (χ4n) is 3.22. The molecule has 0 spiro atoms. The van der Waals surface area contributed by atoms with Gasteiger partial charge in [0.05, 0.1) is 0 Å². The highest BCUT2D eigenvalue weighted by Crippen LogP contribution is 2.37. The zero-order valence-corrected chi connectivity index (χ0v) is 10.7. The van der Waals surface area contributed by atoms with Gasteiger partial charge in [-0.05, 0) is 56.3 Å². The number of aryl methyl sites for hydroxylation is 2. The van der Waals surface area contributed by atoms with E-state index >= 15 is 0 Å². The molecule has 1 fully saturated rings. The SMILES string of the molecule is CNC(c1c(C)cccc1C)C1CCCC1. The van der Waals surface area contributed by atoms with E-state index in [1.54, 1.807) is 0 Å². The van der Waals surface area contributed by atoms with Gasteiger partial charge < -0.3 is 5.32 Å². The molecule has 0 radical (unpaired) electrons. The number of hydrogen-bond donors (Lipinski definition) is 1. The van der Waals surface area contributed by atoms with Crippen LogP contribution in [0.2, 0.25) is 0 Å². The smallest absolute Gasteiger partial charge is 0.0351 e. The summed E-state index contributed by atoms with van der Waals surface area (Å²) in [4.78, 5) is 0. The molecule has 0 bridgehead atoms. The molecule has 1 heteroatoms. The molecule has 1 aromatic rings. The highest BCUT2D eigenvalue weighted by molar-refractivity contribution is 5.36. The highest BCUT2D eigenvalue weighted by Gasteiger charge is 2.26. The summed E-state index contributed by atoms with van der Waals surface area (Å²) in [5.41, 5.74) is 4.41. The van der Waals surface area contributed by atoms with Gasteiger partial charge in [0.25, 0.3) is 0 Å². The second-order valence-electron chi connectivity index (χ2n) is 5.12. The molecule has 0 amide bonds. The van der Waals surface area contributed by atoms with E-state index < -0.39 is 0 Å². The Kier molecular flexibility index (Phi) is 3.65. The van der Waals surface area contributed by atoms with Crippen LogP contribution in [0.25, 0.3) is 0 Å². The Balaban J connectivity index is 2.32. The first-order chi connectivity index (χ1) is 7.74. The van der Waals surface area contributed by atoms with E-state index in [9.17, 15) is 0 Å². The van der Waals surface area contributed by atoms with Crippen molar-refractivity contribution < 1.29 is 0 Å². The van der Waals surface area contributed by atoms with Crippen LogP contribution in [0.5, 0.6) is 0 Å². The van der Waals surface area contributed by atoms with Crippen LogP contribution in [0.3, 0.4) is 0 Å². The Morgan fingerprint density at radius 2 is 1.69 bits per heavy atom. The number of nitrogens with one attached hydrogen (secondary N) is 1. The first-order valence-corrected chi connectivity index (χ1v) is 6.47. The van der Waals surface area contributed by atoms with Gasteiger partial charge in [-0.2, -0.15) is 0 Å². The number of benzene rings is 1. The average molecular weight is 217 g/mol. The average Bonchev–Trinajstić information content (AvgIpc) is 2.77. The van der Waals surface area contributed by atoms with Crippen molar-refractivity contribution in [2.75, 3.05) is 7.05 Å². The Morgan fingerprint density at radius 1 is 1.12 bits per heavy atom. The van der Waals surface area contributed by atoms with Crippen molar-refractivity contribution in [1.82, 2.24) is 5.32 Å². The van der Waals surface area contributed by atoms with E-state index in [2.05, 4.69) is 44.4 Å². The fourth-order valence-corrected chi connectivity index (χ4v) is 3.22. The van der Waals surface area contributed by atoms with E-state index in [1.807, 2.05) is 0 Å². The van der Waals surface area contributed by atoms with Crippen molar-refractivity contribution in [1.29, 1.82) is 0 Å². The Bertz CT molecular complexity index is 330. The Labute approximate surface area is 99.3 Å². The summed E-state index contributed by atoms with van der Waals surface area (Å²) in [6, 6.07) is 7.20. The molecule has 16 heavy (non-hydrogen) atoms. The fraction of sp³-hybridized carbons (Fsp3) is 0.600. The molecule has 0 aromatic heterocycles. The molecular weight excluding hydrogens is 194 g/mol. The maximum atomic E-state index is 3.54. The van der Waals surface area contributed by atoms with Crippen LogP contribution < -0.4 is 5.32 Å². The molecule has 1 unspecified atom stereocenters. The first kappa shape index (κ1) is 11.7. The summed E-state index contributed by atoms with van der Waals surface area (Å²) in [5.74, 6) is 0.838. The molecule has 1 N–H and O–H groups in total. The van der Waals surface area contributed by atoms with Gasteiger partial charge in [0.1, 0.15) is 0 Å². The van der Waals surface area contributed by atoms with Crippen LogP contribution in [0.4, 0.5) is 0 Å². The minimum absolute atomic E-state index is 0.559. The van der Waals surface area contributed by atoms with Gasteiger partial charge in [0.15, 0.2) is 0 Å². The maximum absolute atomic E-state index is 3.54. The Morgan fingerprint density at radius 3 is 2.19 bits per heavy atom. The van der Waals surface area contributed by atoms with Gasteiger partial charge in [-0.3, -0.25) is 0 Å². The minimum Gasteiger partial charge on any atom is -0.313 e. The summed E-state index contributed by atoms with van der Waals surface area (Å²) in [7, 11) is 2.11. The third-order valence-electron chi connectivity index (χ3n) is 4.04. The zero-order valence-electron chi connectivity index (χ0n) is 10.7. The van der Waals surface area contributed by atoms with Crippen molar-refractivity contribution in [3.8, 4) is 0 Å². The van der Waals surface area contributed by atoms with Crippen LogP contribution in [-0.2, 0) is 0 Å². The normalized spacial score (nSPS) is 18.9. The van der Waals surface area contributed by atoms with Crippen LogP contribution >= 0.6 is 0 Å². The molecule has 2 rings (SSSR count). The largest absolute Gasteiger partial charge is 0.313 e. The van der Waals surface area contributed by atoms with Gasteiger partial charge in [0.2, 0.25) is 0 Å². The van der Waals surface area contributed by atoms with E-state index in [-0.39, 0.29) is 0 Å². The molecule has 1 nitrogen and oxygen atoms in total. The van der Waals surface area contributed by atoms with Crippen LogP contribution in [0.15, 0.2) is 18.2 Å². The van der Waals surface area contributed by atoms with Crippen molar-refractivity contribution in [3.05, 3.63) is 34.9 Å². The molecule has 1 aliphatic carbocycles. The lowest BCUT2D eigenvalue weighted by molar-refractivity contribution is 0.388. The van der Waals surface area contributed by atoms with Gasteiger partial charge >= 0.3 is 0 Å². The van der Waals surface area contributed by atoms with Crippen molar-refractivity contribution in [2.45, 2.75) is 45.6 Å². The lowest BCUT2D eigenvalue weighted by atomic mass is 9.86. The van der Waals surface area contributed by atoms with E-state index in [0.29, 0.717) is 6.04 Å². The molecule has 0 heterocycles. The summed E-state index contributed by atoms with van der Waals surface area (Å²) >= 11 is 0.